The Labute approximate surface area is 208 Å². The number of halogens is 4. The first kappa shape index (κ1) is 24.4. The fourth-order valence-electron chi connectivity index (χ4n) is 3.79. The lowest BCUT2D eigenvalue weighted by Gasteiger charge is -2.31. The first-order valence-electron chi connectivity index (χ1n) is 11.2. The zero-order chi connectivity index (χ0) is 26.0. The molecule has 0 amide bonds. The molecule has 0 radical (unpaired) electrons. The van der Waals surface area contributed by atoms with Gasteiger partial charge in [-0.15, -0.1) is 0 Å². The number of rotatable bonds is 7. The van der Waals surface area contributed by atoms with Crippen LogP contribution in [0.1, 0.15) is 6.42 Å². The first-order valence-corrected chi connectivity index (χ1v) is 11.2. The molecule has 3 N–H and O–H groups in total. The van der Waals surface area contributed by atoms with Crippen molar-refractivity contribution in [1.82, 2.24) is 25.3 Å². The number of aromatic nitrogens is 4. The topological polar surface area (TPSA) is 106 Å². The van der Waals surface area contributed by atoms with E-state index in [4.69, 9.17) is 9.47 Å². The number of pyridine rings is 2. The quantitative estimate of drug-likeness (QED) is 0.305. The SMILES string of the molecule is COc1cc(Nc2nccc(Nc3cnc4cc(F)c(F)cc4c3)n2)cnc1OC1CCNCC1(F)F. The van der Waals surface area contributed by atoms with E-state index in [1.165, 1.54) is 31.8 Å². The van der Waals surface area contributed by atoms with Gasteiger partial charge in [-0.05, 0) is 24.7 Å². The predicted molar refractivity (Wildman–Crippen MR) is 128 cm³/mol. The number of hydrogen-bond donors (Lipinski definition) is 3. The van der Waals surface area contributed by atoms with Gasteiger partial charge < -0.3 is 25.4 Å². The molecule has 0 spiro atoms. The molecule has 37 heavy (non-hydrogen) atoms. The molecule has 9 nitrogen and oxygen atoms in total. The number of piperidine rings is 1. The van der Waals surface area contributed by atoms with Gasteiger partial charge in [0.1, 0.15) is 5.82 Å². The zero-order valence-electron chi connectivity index (χ0n) is 19.4. The van der Waals surface area contributed by atoms with E-state index in [9.17, 15) is 17.6 Å². The molecule has 1 unspecified atom stereocenters. The molecule has 1 aliphatic heterocycles. The van der Waals surface area contributed by atoms with E-state index in [1.807, 2.05) is 0 Å². The summed E-state index contributed by atoms with van der Waals surface area (Å²) >= 11 is 0. The molecule has 0 saturated carbocycles. The summed E-state index contributed by atoms with van der Waals surface area (Å²) in [5, 5.41) is 9.07. The van der Waals surface area contributed by atoms with Crippen LogP contribution in [0.15, 0.2) is 48.9 Å². The normalized spacial score (nSPS) is 16.8. The number of anilines is 4. The average molecular weight is 515 g/mol. The van der Waals surface area contributed by atoms with Crippen molar-refractivity contribution in [2.75, 3.05) is 30.8 Å². The molecular formula is C24H21F4N7O2. The van der Waals surface area contributed by atoms with E-state index in [0.717, 1.165) is 12.1 Å². The molecule has 1 atom stereocenters. The molecule has 1 saturated heterocycles. The summed E-state index contributed by atoms with van der Waals surface area (Å²) in [6, 6.07) is 6.84. The van der Waals surface area contributed by atoms with Crippen LogP contribution in [-0.4, -0.2) is 52.2 Å². The Bertz CT molecular complexity index is 1440. The molecule has 1 aromatic carbocycles. The molecule has 3 aromatic heterocycles. The van der Waals surface area contributed by atoms with E-state index < -0.39 is 30.2 Å². The van der Waals surface area contributed by atoms with E-state index in [2.05, 4.69) is 35.9 Å². The van der Waals surface area contributed by atoms with Crippen LogP contribution in [0, 0.1) is 11.6 Å². The number of hydrogen-bond acceptors (Lipinski definition) is 9. The van der Waals surface area contributed by atoms with Crippen LogP contribution in [0.4, 0.5) is 40.7 Å². The van der Waals surface area contributed by atoms with Crippen molar-refractivity contribution >= 4 is 34.0 Å². The molecule has 1 aliphatic rings. The van der Waals surface area contributed by atoms with Crippen LogP contribution >= 0.6 is 0 Å². The standard InChI is InChI=1S/C24H21F4N7O2/c1-36-19-8-15(11-32-22(19)37-20-2-4-29-12-24(20,27)28)34-23-30-5-3-21(35-23)33-14-6-13-7-16(25)17(26)9-18(13)31-10-14/h3,5-11,20,29H,2,4,12H2,1H3,(H2,30,33,34,35). The van der Waals surface area contributed by atoms with Gasteiger partial charge in [0.05, 0.1) is 42.9 Å². The highest BCUT2D eigenvalue weighted by Gasteiger charge is 2.44. The Morgan fingerprint density at radius 3 is 2.59 bits per heavy atom. The molecule has 4 heterocycles. The van der Waals surface area contributed by atoms with Crippen LogP contribution in [0.3, 0.4) is 0 Å². The minimum Gasteiger partial charge on any atom is -0.491 e. The van der Waals surface area contributed by atoms with Gasteiger partial charge in [0.2, 0.25) is 5.95 Å². The monoisotopic (exact) mass is 515 g/mol. The molecule has 5 rings (SSSR count). The zero-order valence-corrected chi connectivity index (χ0v) is 19.4. The Hall–Kier alpha value is -4.26. The Balaban J connectivity index is 1.30. The van der Waals surface area contributed by atoms with Crippen LogP contribution in [0.25, 0.3) is 10.9 Å². The maximum Gasteiger partial charge on any atom is 0.296 e. The van der Waals surface area contributed by atoms with Crippen molar-refractivity contribution in [1.29, 1.82) is 0 Å². The molecule has 0 aliphatic carbocycles. The summed E-state index contributed by atoms with van der Waals surface area (Å²) in [6.45, 7) is -0.0549. The van der Waals surface area contributed by atoms with Gasteiger partial charge in [0.25, 0.3) is 11.8 Å². The Morgan fingerprint density at radius 1 is 1.00 bits per heavy atom. The van der Waals surface area contributed by atoms with Crippen molar-refractivity contribution in [3.05, 3.63) is 60.6 Å². The fourth-order valence-corrected chi connectivity index (χ4v) is 3.79. The highest BCUT2D eigenvalue weighted by molar-refractivity contribution is 5.82. The van der Waals surface area contributed by atoms with Crippen LogP contribution in [0.5, 0.6) is 11.6 Å². The van der Waals surface area contributed by atoms with E-state index in [0.29, 0.717) is 34.6 Å². The van der Waals surface area contributed by atoms with Gasteiger partial charge in [-0.25, -0.2) is 27.5 Å². The Morgan fingerprint density at radius 2 is 1.78 bits per heavy atom. The lowest BCUT2D eigenvalue weighted by molar-refractivity contribution is -0.110. The summed E-state index contributed by atoms with van der Waals surface area (Å²) in [4.78, 5) is 16.8. The molecule has 1 fully saturated rings. The van der Waals surface area contributed by atoms with E-state index >= 15 is 0 Å². The number of nitrogens with one attached hydrogen (secondary N) is 3. The van der Waals surface area contributed by atoms with Gasteiger partial charge in [0.15, 0.2) is 23.5 Å². The average Bonchev–Trinajstić information content (AvgIpc) is 2.87. The second-order valence-corrected chi connectivity index (χ2v) is 8.26. The van der Waals surface area contributed by atoms with E-state index in [-0.39, 0.29) is 24.0 Å². The van der Waals surface area contributed by atoms with Gasteiger partial charge in [-0.3, -0.25) is 4.98 Å². The number of nitrogens with zero attached hydrogens (tertiary/aromatic N) is 4. The maximum absolute atomic E-state index is 14.1. The smallest absolute Gasteiger partial charge is 0.296 e. The third-order valence-corrected chi connectivity index (χ3v) is 5.61. The van der Waals surface area contributed by atoms with Gasteiger partial charge in [-0.2, -0.15) is 4.98 Å². The second-order valence-electron chi connectivity index (χ2n) is 8.26. The van der Waals surface area contributed by atoms with Crippen LogP contribution < -0.4 is 25.4 Å². The minimum atomic E-state index is -3.03. The molecule has 4 aromatic rings. The summed E-state index contributed by atoms with van der Waals surface area (Å²) in [7, 11) is 1.38. The van der Waals surface area contributed by atoms with Gasteiger partial charge >= 0.3 is 0 Å². The number of methoxy groups -OCH3 is 1. The van der Waals surface area contributed by atoms with Crippen molar-refractivity contribution in [2.45, 2.75) is 18.4 Å². The minimum absolute atomic E-state index is 0.0453. The predicted octanol–water partition coefficient (Wildman–Crippen LogP) is 4.57. The first-order chi connectivity index (χ1) is 17.8. The molecule has 0 bridgehead atoms. The molecule has 192 valence electrons. The molecule has 13 heteroatoms. The van der Waals surface area contributed by atoms with Crippen molar-refractivity contribution < 1.29 is 27.0 Å². The fraction of sp³-hybridized carbons (Fsp3) is 0.250. The van der Waals surface area contributed by atoms with Crippen molar-refractivity contribution in [3.63, 3.8) is 0 Å². The van der Waals surface area contributed by atoms with Crippen LogP contribution in [0.2, 0.25) is 0 Å². The second kappa shape index (κ2) is 10.0. The summed E-state index contributed by atoms with van der Waals surface area (Å²) in [5.74, 6) is -4.25. The highest BCUT2D eigenvalue weighted by Crippen LogP contribution is 2.33. The van der Waals surface area contributed by atoms with Crippen molar-refractivity contribution in [2.24, 2.45) is 0 Å². The summed E-state index contributed by atoms with van der Waals surface area (Å²) < 4.78 is 66.0. The summed E-state index contributed by atoms with van der Waals surface area (Å²) in [6.07, 6.45) is 3.17. The number of ether oxygens (including phenoxy) is 2. The number of alkyl halides is 2. The highest BCUT2D eigenvalue weighted by atomic mass is 19.3. The van der Waals surface area contributed by atoms with Crippen molar-refractivity contribution in [3.8, 4) is 11.6 Å². The van der Waals surface area contributed by atoms with Crippen LogP contribution in [-0.2, 0) is 0 Å². The lowest BCUT2D eigenvalue weighted by Crippen LogP contribution is -2.52. The number of benzene rings is 1. The third-order valence-electron chi connectivity index (χ3n) is 5.61. The van der Waals surface area contributed by atoms with Gasteiger partial charge in [-0.1, -0.05) is 0 Å². The molecular weight excluding hydrogens is 494 g/mol. The Kier molecular flexibility index (Phi) is 6.61. The van der Waals surface area contributed by atoms with Gasteiger partial charge in [0, 0.05) is 30.1 Å². The largest absolute Gasteiger partial charge is 0.491 e. The maximum atomic E-state index is 14.1. The summed E-state index contributed by atoms with van der Waals surface area (Å²) in [5.41, 5.74) is 1.25. The van der Waals surface area contributed by atoms with E-state index in [1.54, 1.807) is 12.1 Å². The third kappa shape index (κ3) is 5.45. The number of fused-ring (bicyclic) bond motifs is 1. The lowest BCUT2D eigenvalue weighted by atomic mass is 10.1.